The molecule has 3 rings (SSSR count). The van der Waals surface area contributed by atoms with Crippen LogP contribution in [0.4, 0.5) is 0 Å². The second-order valence-electron chi connectivity index (χ2n) is 5.43. The quantitative estimate of drug-likeness (QED) is 0.775. The summed E-state index contributed by atoms with van der Waals surface area (Å²) < 4.78 is 25.4. The van der Waals surface area contributed by atoms with Crippen molar-refractivity contribution in [1.82, 2.24) is 0 Å². The van der Waals surface area contributed by atoms with E-state index in [0.29, 0.717) is 5.92 Å². The number of sulfone groups is 1. The first kappa shape index (κ1) is 12.2. The molecule has 18 heavy (non-hydrogen) atoms. The van der Waals surface area contributed by atoms with Gasteiger partial charge in [0.15, 0.2) is 9.84 Å². The molecule has 1 aromatic rings. The van der Waals surface area contributed by atoms with Crippen molar-refractivity contribution in [3.8, 4) is 0 Å². The van der Waals surface area contributed by atoms with E-state index in [2.05, 4.69) is 0 Å². The zero-order valence-corrected chi connectivity index (χ0v) is 11.3. The van der Waals surface area contributed by atoms with Gasteiger partial charge in [0.1, 0.15) is 0 Å². The minimum Gasteiger partial charge on any atom is -0.228 e. The van der Waals surface area contributed by atoms with E-state index in [4.69, 9.17) is 0 Å². The Morgan fingerprint density at radius 3 is 2.50 bits per heavy atom. The Morgan fingerprint density at radius 2 is 1.72 bits per heavy atom. The van der Waals surface area contributed by atoms with Crippen molar-refractivity contribution in [3.05, 3.63) is 41.1 Å². The Hall–Kier alpha value is -0.830. The fraction of sp³-hybridized carbons (Fsp3) is 0.533. The number of fused-ring (bicyclic) bond motifs is 1. The molecule has 2 nitrogen and oxygen atoms in total. The van der Waals surface area contributed by atoms with Crippen molar-refractivity contribution in [2.24, 2.45) is 5.92 Å². The fourth-order valence-electron chi connectivity index (χ4n) is 3.44. The molecule has 0 spiro atoms. The predicted octanol–water partition coefficient (Wildman–Crippen LogP) is 3.66. The average molecular weight is 263 g/mol. The molecule has 2 atom stereocenters. The summed E-state index contributed by atoms with van der Waals surface area (Å²) in [5, 5.41) is 0.567. The minimum absolute atomic E-state index is 0.289. The predicted molar refractivity (Wildman–Crippen MR) is 72.5 cm³/mol. The van der Waals surface area contributed by atoms with Crippen LogP contribution in [0, 0.1) is 11.2 Å². The molecule has 0 amide bonds. The average Bonchev–Trinajstić information content (AvgIpc) is 2.40. The monoisotopic (exact) mass is 263 g/mol. The molecule has 0 aromatic heterocycles. The third-order valence-electron chi connectivity index (χ3n) is 4.37. The van der Waals surface area contributed by atoms with Gasteiger partial charge in [0, 0.05) is 0 Å². The van der Waals surface area contributed by atoms with E-state index in [1.165, 1.54) is 6.42 Å². The largest absolute Gasteiger partial charge is 0.228 e. The van der Waals surface area contributed by atoms with Crippen LogP contribution in [0.1, 0.15) is 49.3 Å². The van der Waals surface area contributed by atoms with Gasteiger partial charge in [0.05, 0.1) is 10.5 Å². The second kappa shape index (κ2) is 4.69. The van der Waals surface area contributed by atoms with Crippen LogP contribution in [0.15, 0.2) is 30.3 Å². The highest BCUT2D eigenvalue weighted by molar-refractivity contribution is 7.94. The van der Waals surface area contributed by atoms with E-state index in [1.54, 1.807) is 0 Å². The molecule has 3 heteroatoms. The van der Waals surface area contributed by atoms with Gasteiger partial charge < -0.3 is 0 Å². The molecular weight excluding hydrogens is 244 g/mol. The van der Waals surface area contributed by atoms with Crippen LogP contribution < -0.4 is 0 Å². The van der Waals surface area contributed by atoms with Crippen LogP contribution in [0.25, 0.3) is 0 Å². The Morgan fingerprint density at radius 1 is 0.944 bits per heavy atom. The van der Waals surface area contributed by atoms with Crippen molar-refractivity contribution in [2.75, 3.05) is 0 Å². The van der Waals surface area contributed by atoms with Gasteiger partial charge in [-0.3, -0.25) is 0 Å². The summed E-state index contributed by atoms with van der Waals surface area (Å²) in [6.07, 6.45) is 5.97. The summed E-state index contributed by atoms with van der Waals surface area (Å²) in [6, 6.07) is 9.71. The molecule has 0 bridgehead atoms. The maximum Gasteiger partial charge on any atom is 0.164 e. The second-order valence-corrected chi connectivity index (χ2v) is 7.61. The maximum absolute atomic E-state index is 12.7. The summed E-state index contributed by atoms with van der Waals surface area (Å²) in [5.41, 5.74) is 0.967. The van der Waals surface area contributed by atoms with Crippen LogP contribution in [0.2, 0.25) is 0 Å². The van der Waals surface area contributed by atoms with Gasteiger partial charge in [-0.15, -0.1) is 0 Å². The standard InChI is InChI=1S/C15H19O2S/c16-18(17)14-9-5-4-8-13(14)10-11-15(18)12-6-2-1-3-7-12/h1-3,6-7,13,15H,4-5,8-11H2. The van der Waals surface area contributed by atoms with E-state index in [1.807, 2.05) is 30.3 Å². The van der Waals surface area contributed by atoms with Crippen molar-refractivity contribution in [3.63, 3.8) is 0 Å². The van der Waals surface area contributed by atoms with Crippen LogP contribution in [-0.4, -0.2) is 8.42 Å². The van der Waals surface area contributed by atoms with Gasteiger partial charge in [-0.05, 0) is 37.2 Å². The molecule has 0 N–H and O–H groups in total. The van der Waals surface area contributed by atoms with Gasteiger partial charge in [-0.2, -0.15) is 0 Å². The highest BCUT2D eigenvalue weighted by Crippen LogP contribution is 2.49. The molecule has 97 valence electrons. The molecule has 1 saturated heterocycles. The molecule has 2 fully saturated rings. The number of benzene rings is 1. The van der Waals surface area contributed by atoms with Crippen molar-refractivity contribution < 1.29 is 8.42 Å². The Kier molecular flexibility index (Phi) is 3.18. The van der Waals surface area contributed by atoms with Gasteiger partial charge >= 0.3 is 0 Å². The molecule has 1 aliphatic carbocycles. The first-order valence-corrected chi connectivity index (χ1v) is 8.39. The fourth-order valence-corrected chi connectivity index (χ4v) is 5.90. The van der Waals surface area contributed by atoms with E-state index >= 15 is 0 Å². The summed E-state index contributed by atoms with van der Waals surface area (Å²) in [5.74, 6) is 0.351. The lowest BCUT2D eigenvalue weighted by atomic mass is 9.84. The van der Waals surface area contributed by atoms with E-state index in [9.17, 15) is 8.42 Å². The minimum atomic E-state index is -3.06. The normalized spacial score (nSPS) is 31.8. The van der Waals surface area contributed by atoms with Crippen molar-refractivity contribution in [1.29, 1.82) is 0 Å². The van der Waals surface area contributed by atoms with Crippen molar-refractivity contribution in [2.45, 2.75) is 43.8 Å². The third-order valence-corrected chi connectivity index (χ3v) is 6.90. The summed E-state index contributed by atoms with van der Waals surface area (Å²) in [7, 11) is -3.06. The van der Waals surface area contributed by atoms with Gasteiger partial charge in [-0.25, -0.2) is 8.42 Å². The molecule has 1 aliphatic heterocycles. The Bertz CT molecular complexity index is 507. The summed E-state index contributed by atoms with van der Waals surface area (Å²) in [6.45, 7) is 0. The lowest BCUT2D eigenvalue weighted by Gasteiger charge is -2.38. The zero-order chi connectivity index (χ0) is 12.6. The number of hydrogen-bond acceptors (Lipinski definition) is 2. The lowest BCUT2D eigenvalue weighted by Crippen LogP contribution is -2.34. The zero-order valence-electron chi connectivity index (χ0n) is 10.5. The van der Waals surface area contributed by atoms with E-state index in [0.717, 1.165) is 42.9 Å². The SMILES string of the molecule is O=S1(=O)[C]2CCCCC2CCC1c1ccccc1. The molecule has 1 saturated carbocycles. The first-order valence-electron chi connectivity index (χ1n) is 6.84. The summed E-state index contributed by atoms with van der Waals surface area (Å²) >= 11 is 0. The Labute approximate surface area is 109 Å². The smallest absolute Gasteiger partial charge is 0.164 e. The topological polar surface area (TPSA) is 34.1 Å². The molecule has 2 unspecified atom stereocenters. The van der Waals surface area contributed by atoms with E-state index in [-0.39, 0.29) is 5.25 Å². The summed E-state index contributed by atoms with van der Waals surface area (Å²) in [4.78, 5) is 0. The van der Waals surface area contributed by atoms with Gasteiger partial charge in [-0.1, -0.05) is 43.2 Å². The molecule has 1 heterocycles. The van der Waals surface area contributed by atoms with E-state index < -0.39 is 9.84 Å². The molecule has 2 aliphatic rings. The maximum atomic E-state index is 12.7. The van der Waals surface area contributed by atoms with Crippen LogP contribution >= 0.6 is 0 Å². The molecular formula is C15H19O2S. The highest BCUT2D eigenvalue weighted by atomic mass is 32.2. The van der Waals surface area contributed by atoms with Gasteiger partial charge in [0.2, 0.25) is 0 Å². The number of rotatable bonds is 1. The highest BCUT2D eigenvalue weighted by Gasteiger charge is 2.45. The molecule has 1 radical (unpaired) electrons. The first-order chi connectivity index (χ1) is 8.69. The lowest BCUT2D eigenvalue weighted by molar-refractivity contribution is 0.367. The van der Waals surface area contributed by atoms with Crippen LogP contribution in [0.5, 0.6) is 0 Å². The molecule has 1 aromatic carbocycles. The van der Waals surface area contributed by atoms with Crippen LogP contribution in [0.3, 0.4) is 0 Å². The van der Waals surface area contributed by atoms with Crippen molar-refractivity contribution >= 4 is 9.84 Å². The third kappa shape index (κ3) is 1.99. The Balaban J connectivity index is 1.94. The number of hydrogen-bond donors (Lipinski definition) is 0. The van der Waals surface area contributed by atoms with Crippen LogP contribution in [-0.2, 0) is 9.84 Å². The van der Waals surface area contributed by atoms with Gasteiger partial charge in [0.25, 0.3) is 0 Å².